The van der Waals surface area contributed by atoms with E-state index in [-0.39, 0.29) is 18.2 Å². The number of hydrogen-bond donors (Lipinski definition) is 1. The van der Waals surface area contributed by atoms with Crippen molar-refractivity contribution in [1.82, 2.24) is 14.8 Å². The predicted molar refractivity (Wildman–Crippen MR) is 105 cm³/mol. The molecule has 0 radical (unpaired) electrons. The molecule has 2 aromatic heterocycles. The van der Waals surface area contributed by atoms with Crippen molar-refractivity contribution < 1.29 is 14.3 Å². The quantitative estimate of drug-likeness (QED) is 0.517. The number of nitrogens with zero attached hydrogens (tertiary/aromatic N) is 3. The highest BCUT2D eigenvalue weighted by Gasteiger charge is 2.14. The number of hydrogen-bond acceptors (Lipinski definition) is 6. The molecular formula is C19H20N4O3S. The molecule has 0 saturated carbocycles. The summed E-state index contributed by atoms with van der Waals surface area (Å²) in [4.78, 5) is 29.6. The van der Waals surface area contributed by atoms with Crippen molar-refractivity contribution in [3.63, 3.8) is 0 Å². The number of amides is 1. The standard InChI is InChI=1S/C19H20N4O3S/c1-12(2)23-18-13(10-21-23)8-14(9-20-18)19(25)26-11-17(24)22-15-4-6-16(27-3)7-5-15/h4-10,12H,11H2,1-3H3,(H,22,24). The van der Waals surface area contributed by atoms with Crippen LogP contribution in [0.2, 0.25) is 0 Å². The lowest BCUT2D eigenvalue weighted by Gasteiger charge is -2.08. The van der Waals surface area contributed by atoms with Gasteiger partial charge in [0.05, 0.1) is 11.8 Å². The number of thioether (sulfide) groups is 1. The number of fused-ring (bicyclic) bond motifs is 1. The zero-order valence-corrected chi connectivity index (χ0v) is 16.1. The van der Waals surface area contributed by atoms with Gasteiger partial charge in [0.25, 0.3) is 5.91 Å². The molecule has 140 valence electrons. The highest BCUT2D eigenvalue weighted by atomic mass is 32.2. The molecular weight excluding hydrogens is 364 g/mol. The molecule has 7 nitrogen and oxygen atoms in total. The Labute approximate surface area is 161 Å². The Hall–Kier alpha value is -2.87. The fraction of sp³-hybridized carbons (Fsp3) is 0.263. The summed E-state index contributed by atoms with van der Waals surface area (Å²) in [5, 5.41) is 7.70. The molecule has 1 amide bonds. The van der Waals surface area contributed by atoms with Gasteiger partial charge in [0, 0.05) is 28.2 Å². The first-order valence-electron chi connectivity index (χ1n) is 8.42. The Bertz CT molecular complexity index is 967. The van der Waals surface area contributed by atoms with Crippen molar-refractivity contribution >= 4 is 40.4 Å². The number of aromatic nitrogens is 3. The molecule has 1 aromatic carbocycles. The molecule has 1 N–H and O–H groups in total. The van der Waals surface area contributed by atoms with Crippen LogP contribution in [-0.4, -0.2) is 39.5 Å². The molecule has 0 fully saturated rings. The van der Waals surface area contributed by atoms with Crippen molar-refractivity contribution in [3.05, 3.63) is 48.3 Å². The third-order valence-corrected chi connectivity index (χ3v) is 4.61. The molecule has 0 aliphatic heterocycles. The van der Waals surface area contributed by atoms with Crippen LogP contribution in [0, 0.1) is 0 Å². The van der Waals surface area contributed by atoms with Gasteiger partial charge in [-0.25, -0.2) is 14.5 Å². The highest BCUT2D eigenvalue weighted by Crippen LogP contribution is 2.18. The molecule has 0 aliphatic carbocycles. The van der Waals surface area contributed by atoms with E-state index in [4.69, 9.17) is 4.74 Å². The maximum atomic E-state index is 12.2. The number of carbonyl (C=O) groups is 2. The summed E-state index contributed by atoms with van der Waals surface area (Å²) in [5.41, 5.74) is 1.63. The van der Waals surface area contributed by atoms with Crippen LogP contribution in [0.25, 0.3) is 11.0 Å². The third kappa shape index (κ3) is 4.46. The average Bonchev–Trinajstić information content (AvgIpc) is 3.10. The van der Waals surface area contributed by atoms with E-state index in [9.17, 15) is 9.59 Å². The Morgan fingerprint density at radius 2 is 1.96 bits per heavy atom. The van der Waals surface area contributed by atoms with Crippen molar-refractivity contribution in [2.24, 2.45) is 0 Å². The van der Waals surface area contributed by atoms with Crippen molar-refractivity contribution in [1.29, 1.82) is 0 Å². The minimum Gasteiger partial charge on any atom is -0.452 e. The Morgan fingerprint density at radius 1 is 1.22 bits per heavy atom. The van der Waals surface area contributed by atoms with Gasteiger partial charge in [-0.2, -0.15) is 5.10 Å². The summed E-state index contributed by atoms with van der Waals surface area (Å²) in [6, 6.07) is 9.25. The van der Waals surface area contributed by atoms with E-state index in [2.05, 4.69) is 15.4 Å². The molecule has 3 rings (SSSR count). The number of anilines is 1. The van der Waals surface area contributed by atoms with E-state index in [1.807, 2.05) is 32.2 Å². The predicted octanol–water partition coefficient (Wildman–Crippen LogP) is 3.53. The van der Waals surface area contributed by atoms with Crippen LogP contribution in [0.5, 0.6) is 0 Å². The lowest BCUT2D eigenvalue weighted by atomic mass is 10.2. The summed E-state index contributed by atoms with van der Waals surface area (Å²) < 4.78 is 6.87. The number of benzene rings is 1. The SMILES string of the molecule is CSc1ccc(NC(=O)COC(=O)c2cnc3c(cnn3C(C)C)c2)cc1. The van der Waals surface area contributed by atoms with E-state index in [1.54, 1.807) is 40.8 Å². The first-order chi connectivity index (χ1) is 13.0. The van der Waals surface area contributed by atoms with Crippen LogP contribution in [-0.2, 0) is 9.53 Å². The average molecular weight is 384 g/mol. The first kappa shape index (κ1) is 18.9. The van der Waals surface area contributed by atoms with Gasteiger partial charge in [0.15, 0.2) is 12.3 Å². The van der Waals surface area contributed by atoms with E-state index in [1.165, 1.54) is 6.20 Å². The number of nitrogens with one attached hydrogen (secondary N) is 1. The summed E-state index contributed by atoms with van der Waals surface area (Å²) in [6.45, 7) is 3.64. The van der Waals surface area contributed by atoms with Crippen molar-refractivity contribution in [2.75, 3.05) is 18.2 Å². The number of rotatable bonds is 6. The van der Waals surface area contributed by atoms with Gasteiger partial charge in [-0.05, 0) is 50.4 Å². The second kappa shape index (κ2) is 8.22. The maximum Gasteiger partial charge on any atom is 0.340 e. The summed E-state index contributed by atoms with van der Waals surface area (Å²) >= 11 is 1.62. The lowest BCUT2D eigenvalue weighted by Crippen LogP contribution is -2.21. The molecule has 0 saturated heterocycles. The summed E-state index contributed by atoms with van der Waals surface area (Å²) in [6.07, 6.45) is 5.07. The molecule has 0 atom stereocenters. The topological polar surface area (TPSA) is 86.1 Å². The fourth-order valence-corrected chi connectivity index (χ4v) is 2.92. The minimum atomic E-state index is -0.602. The number of pyridine rings is 1. The van der Waals surface area contributed by atoms with E-state index in [0.29, 0.717) is 11.3 Å². The van der Waals surface area contributed by atoms with Gasteiger partial charge in [0.1, 0.15) is 0 Å². The largest absolute Gasteiger partial charge is 0.452 e. The molecule has 3 aromatic rings. The minimum absolute atomic E-state index is 0.168. The zero-order chi connectivity index (χ0) is 19.4. The van der Waals surface area contributed by atoms with Gasteiger partial charge in [-0.15, -0.1) is 11.8 Å². The first-order valence-corrected chi connectivity index (χ1v) is 9.64. The molecule has 0 bridgehead atoms. The highest BCUT2D eigenvalue weighted by molar-refractivity contribution is 7.98. The number of esters is 1. The monoisotopic (exact) mass is 384 g/mol. The van der Waals surface area contributed by atoms with E-state index >= 15 is 0 Å². The normalized spacial score (nSPS) is 11.0. The van der Waals surface area contributed by atoms with Crippen LogP contribution < -0.4 is 5.32 Å². The van der Waals surface area contributed by atoms with Crippen molar-refractivity contribution in [2.45, 2.75) is 24.8 Å². The van der Waals surface area contributed by atoms with E-state index in [0.717, 1.165) is 10.3 Å². The molecule has 27 heavy (non-hydrogen) atoms. The number of ether oxygens (including phenoxy) is 1. The van der Waals surface area contributed by atoms with Gasteiger partial charge in [-0.1, -0.05) is 0 Å². The Balaban J connectivity index is 1.59. The second-order valence-electron chi connectivity index (χ2n) is 6.17. The molecule has 0 unspecified atom stereocenters. The third-order valence-electron chi connectivity index (χ3n) is 3.87. The Kier molecular flexibility index (Phi) is 5.75. The van der Waals surface area contributed by atoms with Crippen LogP contribution in [0.1, 0.15) is 30.2 Å². The lowest BCUT2D eigenvalue weighted by molar-refractivity contribution is -0.119. The maximum absolute atomic E-state index is 12.2. The zero-order valence-electron chi connectivity index (χ0n) is 15.3. The van der Waals surface area contributed by atoms with Gasteiger partial charge >= 0.3 is 5.97 Å². The molecule has 2 heterocycles. The Morgan fingerprint density at radius 3 is 2.63 bits per heavy atom. The van der Waals surface area contributed by atoms with Crippen molar-refractivity contribution in [3.8, 4) is 0 Å². The summed E-state index contributed by atoms with van der Waals surface area (Å²) in [5.74, 6) is -1.00. The fourth-order valence-electron chi connectivity index (χ4n) is 2.52. The van der Waals surface area contributed by atoms with Crippen LogP contribution in [0.4, 0.5) is 5.69 Å². The van der Waals surface area contributed by atoms with E-state index < -0.39 is 11.9 Å². The second-order valence-corrected chi connectivity index (χ2v) is 7.05. The smallest absolute Gasteiger partial charge is 0.340 e. The van der Waals surface area contributed by atoms with Crippen LogP contribution >= 0.6 is 11.8 Å². The van der Waals surface area contributed by atoms with Crippen LogP contribution in [0.15, 0.2) is 47.6 Å². The summed E-state index contributed by atoms with van der Waals surface area (Å²) in [7, 11) is 0. The van der Waals surface area contributed by atoms with Crippen LogP contribution in [0.3, 0.4) is 0 Å². The van der Waals surface area contributed by atoms with Gasteiger partial charge in [0.2, 0.25) is 0 Å². The molecule has 0 aliphatic rings. The van der Waals surface area contributed by atoms with Gasteiger partial charge < -0.3 is 10.1 Å². The number of carbonyl (C=O) groups excluding carboxylic acids is 2. The molecule has 0 spiro atoms. The van der Waals surface area contributed by atoms with Gasteiger partial charge in [-0.3, -0.25) is 4.79 Å². The molecule has 8 heteroatoms.